The van der Waals surface area contributed by atoms with E-state index in [4.69, 9.17) is 0 Å². The molecule has 0 aromatic heterocycles. The van der Waals surface area contributed by atoms with Crippen LogP contribution in [0.3, 0.4) is 0 Å². The van der Waals surface area contributed by atoms with E-state index in [1.165, 1.54) is 53.8 Å². The first-order chi connectivity index (χ1) is 9.97. The predicted molar refractivity (Wildman–Crippen MR) is 94.2 cm³/mol. The Labute approximate surface area is 137 Å². The van der Waals surface area contributed by atoms with Crippen molar-refractivity contribution in [2.75, 3.05) is 24.5 Å². The van der Waals surface area contributed by atoms with Crippen LogP contribution >= 0.6 is 15.9 Å². The SMILES string of the molecule is Cc1cc(Br)cc(C)c1N1CC2CCCN2CC1C(C)C. The maximum Gasteiger partial charge on any atom is 0.0440 e. The van der Waals surface area contributed by atoms with E-state index >= 15 is 0 Å². The van der Waals surface area contributed by atoms with Gasteiger partial charge in [-0.1, -0.05) is 29.8 Å². The minimum atomic E-state index is 0.637. The normalized spacial score (nSPS) is 26.5. The van der Waals surface area contributed by atoms with Crippen LogP contribution in [0.4, 0.5) is 5.69 Å². The van der Waals surface area contributed by atoms with Crippen LogP contribution in [0.2, 0.25) is 0 Å². The van der Waals surface area contributed by atoms with Gasteiger partial charge in [-0.25, -0.2) is 0 Å². The fourth-order valence-corrected chi connectivity index (χ4v) is 4.91. The molecule has 2 heterocycles. The molecular formula is C18H27BrN2. The minimum Gasteiger partial charge on any atom is -0.365 e. The van der Waals surface area contributed by atoms with Crippen molar-refractivity contribution in [1.29, 1.82) is 0 Å². The lowest BCUT2D eigenvalue weighted by Gasteiger charge is -2.47. The molecule has 2 fully saturated rings. The van der Waals surface area contributed by atoms with Gasteiger partial charge in [-0.05, 0) is 62.4 Å². The number of benzene rings is 1. The maximum atomic E-state index is 3.63. The molecule has 2 aliphatic heterocycles. The largest absolute Gasteiger partial charge is 0.365 e. The molecule has 0 N–H and O–H groups in total. The number of aryl methyl sites for hydroxylation is 2. The summed E-state index contributed by atoms with van der Waals surface area (Å²) in [7, 11) is 0. The molecule has 2 atom stereocenters. The second-order valence-corrected chi connectivity index (χ2v) is 8.06. The number of fused-ring (bicyclic) bond motifs is 1. The van der Waals surface area contributed by atoms with Crippen molar-refractivity contribution in [2.24, 2.45) is 5.92 Å². The van der Waals surface area contributed by atoms with Gasteiger partial charge in [0.25, 0.3) is 0 Å². The molecule has 3 rings (SSSR count). The summed E-state index contributed by atoms with van der Waals surface area (Å²) in [4.78, 5) is 5.44. The highest BCUT2D eigenvalue weighted by atomic mass is 79.9. The molecule has 3 heteroatoms. The van der Waals surface area contributed by atoms with E-state index in [-0.39, 0.29) is 0 Å². The van der Waals surface area contributed by atoms with Gasteiger partial charge in [-0.3, -0.25) is 4.90 Å². The average Bonchev–Trinajstić information content (AvgIpc) is 2.83. The van der Waals surface area contributed by atoms with Gasteiger partial charge in [-0.2, -0.15) is 0 Å². The number of rotatable bonds is 2. The Hall–Kier alpha value is -0.540. The zero-order chi connectivity index (χ0) is 15.1. The molecule has 2 saturated heterocycles. The summed E-state index contributed by atoms with van der Waals surface area (Å²) in [6.07, 6.45) is 2.75. The van der Waals surface area contributed by atoms with E-state index in [9.17, 15) is 0 Å². The standard InChI is InChI=1S/C18H27BrN2/c1-12(2)17-11-20-7-5-6-16(20)10-21(17)18-13(3)8-15(19)9-14(18)4/h8-9,12,16-17H,5-7,10-11H2,1-4H3. The lowest BCUT2D eigenvalue weighted by molar-refractivity contribution is 0.176. The quantitative estimate of drug-likeness (QED) is 0.780. The highest BCUT2D eigenvalue weighted by molar-refractivity contribution is 9.10. The second kappa shape index (κ2) is 5.92. The van der Waals surface area contributed by atoms with Crippen LogP contribution in [-0.2, 0) is 0 Å². The van der Waals surface area contributed by atoms with Gasteiger partial charge in [0.1, 0.15) is 0 Å². The number of piperazine rings is 1. The minimum absolute atomic E-state index is 0.637. The Bertz CT molecular complexity index is 503. The molecule has 116 valence electrons. The second-order valence-electron chi connectivity index (χ2n) is 7.14. The fourth-order valence-electron chi connectivity index (χ4n) is 4.23. The molecule has 0 saturated carbocycles. The molecule has 21 heavy (non-hydrogen) atoms. The van der Waals surface area contributed by atoms with Crippen molar-refractivity contribution in [3.63, 3.8) is 0 Å². The number of anilines is 1. The van der Waals surface area contributed by atoms with E-state index in [0.29, 0.717) is 12.0 Å². The summed E-state index contributed by atoms with van der Waals surface area (Å²) in [5.41, 5.74) is 4.28. The van der Waals surface area contributed by atoms with Crippen molar-refractivity contribution in [1.82, 2.24) is 4.90 Å². The lowest BCUT2D eigenvalue weighted by Crippen LogP contribution is -2.58. The molecule has 1 aromatic carbocycles. The van der Waals surface area contributed by atoms with Crippen LogP contribution in [-0.4, -0.2) is 36.6 Å². The Kier molecular flexibility index (Phi) is 4.33. The van der Waals surface area contributed by atoms with Crippen LogP contribution in [0.15, 0.2) is 16.6 Å². The van der Waals surface area contributed by atoms with E-state index in [2.05, 4.69) is 65.6 Å². The van der Waals surface area contributed by atoms with E-state index < -0.39 is 0 Å². The third kappa shape index (κ3) is 2.87. The number of hydrogen-bond donors (Lipinski definition) is 0. The number of nitrogens with zero attached hydrogens (tertiary/aromatic N) is 2. The smallest absolute Gasteiger partial charge is 0.0440 e. The van der Waals surface area contributed by atoms with E-state index in [1.54, 1.807) is 0 Å². The topological polar surface area (TPSA) is 6.48 Å². The van der Waals surface area contributed by atoms with Crippen LogP contribution in [0.1, 0.15) is 37.8 Å². The van der Waals surface area contributed by atoms with E-state index in [1.807, 2.05) is 0 Å². The van der Waals surface area contributed by atoms with Crippen LogP contribution in [0.25, 0.3) is 0 Å². The fraction of sp³-hybridized carbons (Fsp3) is 0.667. The molecule has 1 aromatic rings. The maximum absolute atomic E-state index is 3.63. The summed E-state index contributed by atoms with van der Waals surface area (Å²) in [5, 5.41) is 0. The van der Waals surface area contributed by atoms with Gasteiger partial charge in [0.2, 0.25) is 0 Å². The molecule has 2 nitrogen and oxygen atoms in total. The molecule has 0 bridgehead atoms. The van der Waals surface area contributed by atoms with Crippen molar-refractivity contribution in [3.05, 3.63) is 27.7 Å². The Morgan fingerprint density at radius 3 is 2.43 bits per heavy atom. The third-order valence-corrected chi connectivity index (χ3v) is 5.70. The molecule has 0 aliphatic carbocycles. The molecular weight excluding hydrogens is 324 g/mol. The molecule has 0 amide bonds. The predicted octanol–water partition coefficient (Wildman–Crippen LogP) is 4.37. The Morgan fingerprint density at radius 1 is 1.14 bits per heavy atom. The van der Waals surface area contributed by atoms with Gasteiger partial charge in [-0.15, -0.1) is 0 Å². The first kappa shape index (κ1) is 15.4. The summed E-state index contributed by atoms with van der Waals surface area (Å²) in [5.74, 6) is 0.689. The highest BCUT2D eigenvalue weighted by Crippen LogP contribution is 2.36. The average molecular weight is 351 g/mol. The van der Waals surface area contributed by atoms with Gasteiger partial charge in [0.05, 0.1) is 0 Å². The third-order valence-electron chi connectivity index (χ3n) is 5.24. The Morgan fingerprint density at radius 2 is 1.81 bits per heavy atom. The molecule has 0 spiro atoms. The van der Waals surface area contributed by atoms with Gasteiger partial charge in [0, 0.05) is 35.3 Å². The van der Waals surface area contributed by atoms with Crippen molar-refractivity contribution < 1.29 is 0 Å². The number of halogens is 1. The zero-order valence-corrected chi connectivity index (χ0v) is 15.3. The van der Waals surface area contributed by atoms with Gasteiger partial charge < -0.3 is 4.90 Å². The van der Waals surface area contributed by atoms with Crippen LogP contribution in [0.5, 0.6) is 0 Å². The Balaban J connectivity index is 1.98. The first-order valence-corrected chi connectivity index (χ1v) is 9.04. The first-order valence-electron chi connectivity index (χ1n) is 8.25. The van der Waals surface area contributed by atoms with E-state index in [0.717, 1.165) is 6.04 Å². The molecule has 2 aliphatic rings. The lowest BCUT2D eigenvalue weighted by atomic mass is 9.94. The summed E-state index contributed by atoms with van der Waals surface area (Å²) in [6, 6.07) is 5.93. The van der Waals surface area contributed by atoms with Crippen molar-refractivity contribution >= 4 is 21.6 Å². The van der Waals surface area contributed by atoms with Gasteiger partial charge >= 0.3 is 0 Å². The summed E-state index contributed by atoms with van der Waals surface area (Å²) < 4.78 is 1.20. The summed E-state index contributed by atoms with van der Waals surface area (Å²) >= 11 is 3.63. The summed E-state index contributed by atoms with van der Waals surface area (Å²) in [6.45, 7) is 13.0. The van der Waals surface area contributed by atoms with Gasteiger partial charge in [0.15, 0.2) is 0 Å². The highest BCUT2D eigenvalue weighted by Gasteiger charge is 2.38. The zero-order valence-electron chi connectivity index (χ0n) is 13.7. The van der Waals surface area contributed by atoms with Crippen molar-refractivity contribution in [3.8, 4) is 0 Å². The van der Waals surface area contributed by atoms with Crippen LogP contribution < -0.4 is 4.90 Å². The monoisotopic (exact) mass is 350 g/mol. The van der Waals surface area contributed by atoms with Crippen molar-refractivity contribution in [2.45, 2.75) is 52.6 Å². The molecule has 2 unspecified atom stereocenters. The molecule has 0 radical (unpaired) electrons. The number of hydrogen-bond acceptors (Lipinski definition) is 2. The van der Waals surface area contributed by atoms with Crippen LogP contribution in [0, 0.1) is 19.8 Å².